The van der Waals surface area contributed by atoms with Gasteiger partial charge in [-0.2, -0.15) is 0 Å². The van der Waals surface area contributed by atoms with Gasteiger partial charge >= 0.3 is 0 Å². The number of unbranched alkanes of at least 4 members (excludes halogenated alkanes) is 1. The first-order valence-electron chi connectivity index (χ1n) is 7.16. The fourth-order valence-electron chi connectivity index (χ4n) is 1.89. The van der Waals surface area contributed by atoms with Gasteiger partial charge in [-0.1, -0.05) is 44.6 Å². The number of aliphatic hydroxyl groups excluding tert-OH is 1. The van der Waals surface area contributed by atoms with E-state index in [4.69, 9.17) is 4.74 Å². The molecule has 1 rings (SSSR count). The van der Waals surface area contributed by atoms with Crippen molar-refractivity contribution in [3.63, 3.8) is 0 Å². The van der Waals surface area contributed by atoms with Crippen molar-refractivity contribution in [2.75, 3.05) is 7.11 Å². The van der Waals surface area contributed by atoms with Crippen LogP contribution in [0.4, 0.5) is 0 Å². The van der Waals surface area contributed by atoms with E-state index in [0.29, 0.717) is 5.92 Å². The molecule has 2 heteroatoms. The zero-order chi connectivity index (χ0) is 14.1. The van der Waals surface area contributed by atoms with Crippen LogP contribution >= 0.6 is 0 Å². The molecule has 0 aliphatic heterocycles. The topological polar surface area (TPSA) is 29.5 Å². The highest BCUT2D eigenvalue weighted by Crippen LogP contribution is 2.21. The van der Waals surface area contributed by atoms with Crippen LogP contribution in [0.1, 0.15) is 51.2 Å². The van der Waals surface area contributed by atoms with Gasteiger partial charge in [-0.25, -0.2) is 0 Å². The van der Waals surface area contributed by atoms with Gasteiger partial charge in [0.2, 0.25) is 0 Å². The number of hydrogen-bond donors (Lipinski definition) is 1. The lowest BCUT2D eigenvalue weighted by atomic mass is 10.0. The van der Waals surface area contributed by atoms with E-state index in [2.05, 4.69) is 26.0 Å². The minimum absolute atomic E-state index is 0.372. The van der Waals surface area contributed by atoms with Gasteiger partial charge < -0.3 is 9.84 Å². The Balaban J connectivity index is 2.30. The van der Waals surface area contributed by atoms with E-state index in [-0.39, 0.29) is 6.10 Å². The number of hydrogen-bond acceptors (Lipinski definition) is 2. The van der Waals surface area contributed by atoms with Gasteiger partial charge in [-0.3, -0.25) is 0 Å². The summed E-state index contributed by atoms with van der Waals surface area (Å²) in [7, 11) is 1.65. The van der Waals surface area contributed by atoms with Gasteiger partial charge in [0, 0.05) is 0 Å². The van der Waals surface area contributed by atoms with Gasteiger partial charge in [0.15, 0.2) is 0 Å². The Hall–Kier alpha value is -1.28. The molecule has 1 aromatic carbocycles. The van der Waals surface area contributed by atoms with E-state index in [1.54, 1.807) is 7.11 Å². The zero-order valence-corrected chi connectivity index (χ0v) is 12.3. The molecular weight excluding hydrogens is 236 g/mol. The monoisotopic (exact) mass is 262 g/mol. The molecule has 1 aromatic rings. The first-order valence-corrected chi connectivity index (χ1v) is 7.16. The second kappa shape index (κ2) is 8.76. The lowest BCUT2D eigenvalue weighted by molar-refractivity contribution is 0.165. The summed E-state index contributed by atoms with van der Waals surface area (Å²) in [5.41, 5.74) is 0.965. The molecule has 0 heterocycles. The van der Waals surface area contributed by atoms with Crippen molar-refractivity contribution in [2.24, 2.45) is 5.92 Å². The molecule has 2 atom stereocenters. The van der Waals surface area contributed by atoms with E-state index in [1.807, 2.05) is 24.3 Å². The summed E-state index contributed by atoms with van der Waals surface area (Å²) in [6.07, 6.45) is 8.16. The lowest BCUT2D eigenvalue weighted by Gasteiger charge is -2.10. The fraction of sp³-hybridized carbons (Fsp3) is 0.529. The van der Waals surface area contributed by atoms with Crippen LogP contribution in [0.2, 0.25) is 0 Å². The standard InChI is InChI=1S/C17H26O2/c1-4-14(2)8-6-5-7-9-17(18)15-10-12-16(19-3)13-11-15/h6,8,10-14,17-18H,4-5,7,9H2,1-3H3/b8-6-. The lowest BCUT2D eigenvalue weighted by Crippen LogP contribution is -1.97. The molecule has 106 valence electrons. The average molecular weight is 262 g/mol. The number of aliphatic hydroxyl groups is 1. The molecule has 19 heavy (non-hydrogen) atoms. The molecule has 0 spiro atoms. The Morgan fingerprint density at radius 1 is 1.26 bits per heavy atom. The molecule has 0 radical (unpaired) electrons. The Labute approximate surface area is 117 Å². The Kier molecular flexibility index (Phi) is 7.27. The zero-order valence-electron chi connectivity index (χ0n) is 12.3. The number of methoxy groups -OCH3 is 1. The highest BCUT2D eigenvalue weighted by atomic mass is 16.5. The van der Waals surface area contributed by atoms with E-state index in [1.165, 1.54) is 6.42 Å². The van der Waals surface area contributed by atoms with Crippen LogP contribution in [0.5, 0.6) is 5.75 Å². The van der Waals surface area contributed by atoms with Crippen molar-refractivity contribution in [2.45, 2.75) is 45.6 Å². The fourth-order valence-corrected chi connectivity index (χ4v) is 1.89. The van der Waals surface area contributed by atoms with Gasteiger partial charge in [0.25, 0.3) is 0 Å². The number of benzene rings is 1. The maximum Gasteiger partial charge on any atom is 0.118 e. The molecule has 0 aliphatic rings. The van der Waals surface area contributed by atoms with Crippen molar-refractivity contribution in [3.05, 3.63) is 42.0 Å². The van der Waals surface area contributed by atoms with E-state index in [0.717, 1.165) is 30.6 Å². The molecule has 0 amide bonds. The molecule has 0 saturated carbocycles. The van der Waals surface area contributed by atoms with Crippen LogP contribution in [0.25, 0.3) is 0 Å². The summed E-state index contributed by atoms with van der Waals surface area (Å²) in [6, 6.07) is 7.64. The number of rotatable bonds is 8. The average Bonchev–Trinajstić information content (AvgIpc) is 2.46. The van der Waals surface area contributed by atoms with Crippen LogP contribution in [0.15, 0.2) is 36.4 Å². The van der Waals surface area contributed by atoms with Gasteiger partial charge in [0.1, 0.15) is 5.75 Å². The summed E-state index contributed by atoms with van der Waals surface area (Å²) in [5, 5.41) is 10.1. The highest BCUT2D eigenvalue weighted by Gasteiger charge is 2.06. The van der Waals surface area contributed by atoms with E-state index in [9.17, 15) is 5.11 Å². The van der Waals surface area contributed by atoms with Crippen LogP contribution in [0.3, 0.4) is 0 Å². The normalized spacial score (nSPS) is 14.5. The third kappa shape index (κ3) is 5.93. The van der Waals surface area contributed by atoms with Crippen molar-refractivity contribution in [1.29, 1.82) is 0 Å². The smallest absolute Gasteiger partial charge is 0.118 e. The summed E-state index contributed by atoms with van der Waals surface area (Å²) in [6.45, 7) is 4.42. The number of allylic oxidation sites excluding steroid dienone is 2. The second-order valence-corrected chi connectivity index (χ2v) is 5.03. The van der Waals surface area contributed by atoms with Crippen LogP contribution in [-0.2, 0) is 0 Å². The summed E-state index contributed by atoms with van der Waals surface area (Å²) in [5.74, 6) is 1.49. The minimum atomic E-state index is -0.372. The summed E-state index contributed by atoms with van der Waals surface area (Å²) in [4.78, 5) is 0. The maximum absolute atomic E-state index is 10.1. The SMILES string of the molecule is CCC(C)/C=C\CCCC(O)c1ccc(OC)cc1. The quantitative estimate of drug-likeness (QED) is 0.552. The Bertz CT molecular complexity index is 367. The van der Waals surface area contributed by atoms with Crippen molar-refractivity contribution in [1.82, 2.24) is 0 Å². The molecule has 2 unspecified atom stereocenters. The molecule has 0 aliphatic carbocycles. The molecule has 1 N–H and O–H groups in total. The minimum Gasteiger partial charge on any atom is -0.497 e. The van der Waals surface area contributed by atoms with Gasteiger partial charge in [0.05, 0.1) is 13.2 Å². The molecule has 0 bridgehead atoms. The van der Waals surface area contributed by atoms with Crippen molar-refractivity contribution in [3.8, 4) is 5.75 Å². The molecule has 2 nitrogen and oxygen atoms in total. The molecule has 0 saturated heterocycles. The predicted molar refractivity (Wildman–Crippen MR) is 80.4 cm³/mol. The van der Waals surface area contributed by atoms with Crippen LogP contribution in [0, 0.1) is 5.92 Å². The second-order valence-electron chi connectivity index (χ2n) is 5.03. The largest absolute Gasteiger partial charge is 0.497 e. The summed E-state index contributed by atoms with van der Waals surface area (Å²) >= 11 is 0. The molecular formula is C17H26O2. The van der Waals surface area contributed by atoms with Gasteiger partial charge in [-0.15, -0.1) is 0 Å². The van der Waals surface area contributed by atoms with E-state index < -0.39 is 0 Å². The molecule has 0 fully saturated rings. The first-order chi connectivity index (χ1) is 9.17. The van der Waals surface area contributed by atoms with Crippen LogP contribution in [-0.4, -0.2) is 12.2 Å². The first kappa shape index (κ1) is 15.8. The highest BCUT2D eigenvalue weighted by molar-refractivity contribution is 5.28. The molecule has 0 aromatic heterocycles. The van der Waals surface area contributed by atoms with Crippen molar-refractivity contribution >= 4 is 0 Å². The summed E-state index contributed by atoms with van der Waals surface area (Å²) < 4.78 is 5.10. The maximum atomic E-state index is 10.1. The Morgan fingerprint density at radius 3 is 2.53 bits per heavy atom. The third-order valence-electron chi connectivity index (χ3n) is 3.46. The van der Waals surface area contributed by atoms with Gasteiger partial charge in [-0.05, 0) is 42.9 Å². The van der Waals surface area contributed by atoms with Crippen molar-refractivity contribution < 1.29 is 9.84 Å². The predicted octanol–water partition coefficient (Wildman–Crippen LogP) is 4.50. The van der Waals surface area contributed by atoms with E-state index >= 15 is 0 Å². The number of ether oxygens (including phenoxy) is 1. The third-order valence-corrected chi connectivity index (χ3v) is 3.46. The van der Waals surface area contributed by atoms with Crippen LogP contribution < -0.4 is 4.74 Å². The Morgan fingerprint density at radius 2 is 1.95 bits per heavy atom.